The van der Waals surface area contributed by atoms with Gasteiger partial charge in [0.25, 0.3) is 5.91 Å². The monoisotopic (exact) mass is 462 g/mol. The summed E-state index contributed by atoms with van der Waals surface area (Å²) in [7, 11) is 0. The molecule has 0 spiro atoms. The van der Waals surface area contributed by atoms with Crippen LogP contribution < -0.4 is 4.74 Å². The fourth-order valence-electron chi connectivity index (χ4n) is 4.53. The third-order valence-electron chi connectivity index (χ3n) is 6.27. The van der Waals surface area contributed by atoms with Gasteiger partial charge in [-0.15, -0.1) is 0 Å². The van der Waals surface area contributed by atoms with Crippen molar-refractivity contribution in [3.63, 3.8) is 0 Å². The van der Waals surface area contributed by atoms with Crippen molar-refractivity contribution in [2.24, 2.45) is 0 Å². The fourth-order valence-corrected chi connectivity index (χ4v) is 4.53. The quantitative estimate of drug-likeness (QED) is 0.394. The second-order valence-corrected chi connectivity index (χ2v) is 8.57. The van der Waals surface area contributed by atoms with E-state index in [0.29, 0.717) is 23.4 Å². The number of hydrogen-bond acceptors (Lipinski definition) is 4. The van der Waals surface area contributed by atoms with E-state index in [1.165, 1.54) is 0 Å². The van der Waals surface area contributed by atoms with E-state index in [0.717, 1.165) is 27.5 Å². The number of fused-ring (bicyclic) bond motifs is 2. The van der Waals surface area contributed by atoms with Gasteiger partial charge in [-0.1, -0.05) is 48.5 Å². The van der Waals surface area contributed by atoms with Crippen LogP contribution in [0.1, 0.15) is 45.1 Å². The largest absolute Gasteiger partial charge is 0.489 e. The Balaban J connectivity index is 1.39. The summed E-state index contributed by atoms with van der Waals surface area (Å²) in [6.45, 7) is 0.577. The molecule has 1 N–H and O–H groups in total. The van der Waals surface area contributed by atoms with Gasteiger partial charge in [-0.2, -0.15) is 5.26 Å². The number of carbonyl (C=O) groups is 2. The molecule has 0 fully saturated rings. The Morgan fingerprint density at radius 2 is 1.69 bits per heavy atom. The van der Waals surface area contributed by atoms with Crippen LogP contribution in [0.2, 0.25) is 0 Å². The maximum Gasteiger partial charge on any atom is 0.305 e. The van der Waals surface area contributed by atoms with E-state index in [1.807, 2.05) is 54.6 Å². The van der Waals surface area contributed by atoms with E-state index < -0.39 is 12.0 Å². The highest BCUT2D eigenvalue weighted by atomic mass is 16.5. The maximum absolute atomic E-state index is 13.4. The number of carbonyl (C=O) groups excluding carboxylic acids is 1. The molecule has 1 atom stereocenters. The lowest BCUT2D eigenvalue weighted by Gasteiger charge is -2.24. The molecule has 172 valence electrons. The molecule has 6 heteroatoms. The van der Waals surface area contributed by atoms with E-state index in [1.54, 1.807) is 35.2 Å². The van der Waals surface area contributed by atoms with Gasteiger partial charge in [-0.3, -0.25) is 9.59 Å². The summed E-state index contributed by atoms with van der Waals surface area (Å²) in [5.41, 5.74) is 3.54. The Morgan fingerprint density at radius 3 is 2.43 bits per heavy atom. The number of hydrogen-bond donors (Lipinski definition) is 1. The van der Waals surface area contributed by atoms with Crippen LogP contribution >= 0.6 is 0 Å². The molecule has 1 heterocycles. The molecule has 0 saturated carbocycles. The number of rotatable bonds is 7. The van der Waals surface area contributed by atoms with E-state index >= 15 is 0 Å². The van der Waals surface area contributed by atoms with E-state index in [4.69, 9.17) is 10.00 Å². The second-order valence-electron chi connectivity index (χ2n) is 8.57. The number of carboxylic acids is 1. The molecule has 35 heavy (non-hydrogen) atoms. The number of nitrogens with zero attached hydrogens (tertiary/aromatic N) is 2. The summed E-state index contributed by atoms with van der Waals surface area (Å²) in [6, 6.07) is 27.9. The van der Waals surface area contributed by atoms with Crippen LogP contribution in [-0.4, -0.2) is 21.9 Å². The van der Waals surface area contributed by atoms with Gasteiger partial charge in [-0.05, 0) is 63.9 Å². The van der Waals surface area contributed by atoms with Gasteiger partial charge >= 0.3 is 5.97 Å². The zero-order valence-corrected chi connectivity index (χ0v) is 18.8. The average molecular weight is 463 g/mol. The maximum atomic E-state index is 13.4. The molecule has 4 aromatic carbocycles. The molecule has 5 rings (SSSR count). The van der Waals surface area contributed by atoms with E-state index in [-0.39, 0.29) is 18.9 Å². The Hall–Kier alpha value is -4.63. The van der Waals surface area contributed by atoms with Gasteiger partial charge in [-0.25, -0.2) is 0 Å². The van der Waals surface area contributed by atoms with Crippen LogP contribution in [0.4, 0.5) is 0 Å². The average Bonchev–Trinajstić information content (AvgIpc) is 3.12. The molecule has 1 aliphatic rings. The highest BCUT2D eigenvalue weighted by Gasteiger charge is 2.38. The molecule has 6 nitrogen and oxygen atoms in total. The minimum atomic E-state index is -0.951. The number of carboxylic acid groups (broad SMARTS) is 1. The number of benzene rings is 4. The molecule has 0 aromatic heterocycles. The third-order valence-corrected chi connectivity index (χ3v) is 6.27. The van der Waals surface area contributed by atoms with Gasteiger partial charge in [0.1, 0.15) is 12.4 Å². The SMILES string of the molecule is N#Cc1ccc(OCc2ccc3c(c2)C(=O)N(Cc2ccc4ccccc4c2)C3CC(=O)O)cc1. The first kappa shape index (κ1) is 22.2. The van der Waals surface area contributed by atoms with Crippen molar-refractivity contribution in [2.75, 3.05) is 0 Å². The van der Waals surface area contributed by atoms with Crippen LogP contribution in [0, 0.1) is 11.3 Å². The normalized spacial score (nSPS) is 14.5. The van der Waals surface area contributed by atoms with Crippen LogP contribution in [-0.2, 0) is 17.9 Å². The predicted octanol–water partition coefficient (Wildman–Crippen LogP) is 5.46. The van der Waals surface area contributed by atoms with Crippen molar-refractivity contribution in [1.82, 2.24) is 4.90 Å². The summed E-state index contributed by atoms with van der Waals surface area (Å²) in [5.74, 6) is -0.510. The molecule has 1 aliphatic heterocycles. The number of nitriles is 1. The molecular weight excluding hydrogens is 440 g/mol. The first-order chi connectivity index (χ1) is 17.0. The van der Waals surface area contributed by atoms with Crippen molar-refractivity contribution in [3.05, 3.63) is 113 Å². The molecule has 0 bridgehead atoms. The van der Waals surface area contributed by atoms with Crippen molar-refractivity contribution in [3.8, 4) is 11.8 Å². The summed E-state index contributed by atoms with van der Waals surface area (Å²) in [6.07, 6.45) is -0.159. The first-order valence-electron chi connectivity index (χ1n) is 11.3. The molecule has 4 aromatic rings. The van der Waals surface area contributed by atoms with Crippen LogP contribution in [0.15, 0.2) is 84.9 Å². The van der Waals surface area contributed by atoms with Crippen molar-refractivity contribution < 1.29 is 19.4 Å². The van der Waals surface area contributed by atoms with Gasteiger partial charge in [0, 0.05) is 12.1 Å². The Morgan fingerprint density at radius 1 is 0.943 bits per heavy atom. The highest BCUT2D eigenvalue weighted by molar-refractivity contribution is 6.00. The lowest BCUT2D eigenvalue weighted by atomic mass is 10.00. The minimum Gasteiger partial charge on any atom is -0.489 e. The molecule has 0 aliphatic carbocycles. The van der Waals surface area contributed by atoms with Gasteiger partial charge in [0.15, 0.2) is 0 Å². The summed E-state index contributed by atoms with van der Waals surface area (Å²) in [4.78, 5) is 26.7. The van der Waals surface area contributed by atoms with E-state index in [9.17, 15) is 14.7 Å². The van der Waals surface area contributed by atoms with Gasteiger partial charge in [0.05, 0.1) is 24.1 Å². The Labute approximate surface area is 202 Å². The minimum absolute atomic E-state index is 0.159. The molecular formula is C29H22N2O4. The van der Waals surface area contributed by atoms with Crippen molar-refractivity contribution in [1.29, 1.82) is 5.26 Å². The first-order valence-corrected chi connectivity index (χ1v) is 11.3. The van der Waals surface area contributed by atoms with Crippen LogP contribution in [0.5, 0.6) is 5.75 Å². The summed E-state index contributed by atoms with van der Waals surface area (Å²) in [5, 5.41) is 20.6. The zero-order chi connectivity index (χ0) is 24.4. The predicted molar refractivity (Wildman–Crippen MR) is 131 cm³/mol. The lowest BCUT2D eigenvalue weighted by Crippen LogP contribution is -2.29. The van der Waals surface area contributed by atoms with Gasteiger partial charge < -0.3 is 14.7 Å². The zero-order valence-electron chi connectivity index (χ0n) is 18.8. The summed E-state index contributed by atoms with van der Waals surface area (Å²) >= 11 is 0. The molecule has 0 saturated heterocycles. The van der Waals surface area contributed by atoms with Crippen molar-refractivity contribution in [2.45, 2.75) is 25.6 Å². The molecule has 1 unspecified atom stereocenters. The third kappa shape index (κ3) is 4.57. The Kier molecular flexibility index (Phi) is 5.90. The van der Waals surface area contributed by atoms with Gasteiger partial charge in [0.2, 0.25) is 0 Å². The number of aliphatic carboxylic acids is 1. The summed E-state index contributed by atoms with van der Waals surface area (Å²) < 4.78 is 5.81. The number of ether oxygens (including phenoxy) is 1. The standard InChI is InChI=1S/C29H22N2O4/c30-16-19-6-10-24(11-7-19)35-18-21-8-12-25-26(14-21)29(34)31(27(25)15-28(32)33)17-20-5-9-22-3-1-2-4-23(22)13-20/h1-14,27H,15,17-18H2,(H,32,33). The second kappa shape index (κ2) is 9.32. The highest BCUT2D eigenvalue weighted by Crippen LogP contribution is 2.38. The fraction of sp³-hybridized carbons (Fsp3) is 0.138. The van der Waals surface area contributed by atoms with Crippen molar-refractivity contribution >= 4 is 22.6 Å². The smallest absolute Gasteiger partial charge is 0.305 e. The molecule has 1 amide bonds. The Bertz CT molecular complexity index is 1470. The van der Waals surface area contributed by atoms with E-state index in [2.05, 4.69) is 6.07 Å². The van der Waals surface area contributed by atoms with Crippen LogP contribution in [0.25, 0.3) is 10.8 Å². The topological polar surface area (TPSA) is 90.6 Å². The number of amides is 1. The lowest BCUT2D eigenvalue weighted by molar-refractivity contribution is -0.138. The molecule has 0 radical (unpaired) electrons. The van der Waals surface area contributed by atoms with Crippen LogP contribution in [0.3, 0.4) is 0 Å².